The Kier molecular flexibility index (Phi) is 5.88. The zero-order valence-corrected chi connectivity index (χ0v) is 18.0. The number of methoxy groups -OCH3 is 1. The fourth-order valence-electron chi connectivity index (χ4n) is 3.47. The zero-order valence-electron chi connectivity index (χ0n) is 17.2. The van der Waals surface area contributed by atoms with E-state index in [0.717, 1.165) is 32.5 Å². The van der Waals surface area contributed by atoms with Gasteiger partial charge < -0.3 is 14.6 Å². The number of para-hydroxylation sites is 1. The van der Waals surface area contributed by atoms with Crippen LogP contribution in [0.15, 0.2) is 29.1 Å². The zero-order chi connectivity index (χ0) is 21.3. The van der Waals surface area contributed by atoms with Gasteiger partial charge in [-0.05, 0) is 44.4 Å². The second kappa shape index (κ2) is 8.21. The Labute approximate surface area is 173 Å². The number of nitrogens with one attached hydrogen (secondary N) is 1. The standard InChI is InChI=1S/C22H24N2O4S/c1-12-7-6-8-16-13(2)11-18(26)24(20(12)16)10-9-17(25)23-21-19(22(27)28-5)14(3)15(4)29-21/h6-8,11H,9-10H2,1-5H3,(H,23,25). The number of rotatable bonds is 5. The normalized spacial score (nSPS) is 10.9. The number of fused-ring (bicyclic) bond motifs is 1. The van der Waals surface area contributed by atoms with Gasteiger partial charge in [0.25, 0.3) is 5.56 Å². The van der Waals surface area contributed by atoms with Crippen LogP contribution < -0.4 is 10.9 Å². The van der Waals surface area contributed by atoms with Crippen molar-refractivity contribution >= 4 is 39.1 Å². The molecule has 3 aromatic rings. The molecule has 2 heterocycles. The third-order valence-electron chi connectivity index (χ3n) is 5.13. The monoisotopic (exact) mass is 412 g/mol. The summed E-state index contributed by atoms with van der Waals surface area (Å²) in [6, 6.07) is 7.49. The summed E-state index contributed by atoms with van der Waals surface area (Å²) in [6.45, 7) is 7.84. The summed E-state index contributed by atoms with van der Waals surface area (Å²) in [7, 11) is 1.32. The predicted octanol–water partition coefficient (Wildman–Crippen LogP) is 4.11. The number of pyridine rings is 1. The minimum atomic E-state index is -0.474. The van der Waals surface area contributed by atoms with Crippen molar-refractivity contribution in [3.8, 4) is 0 Å². The Bertz CT molecular complexity index is 1170. The number of carbonyl (C=O) groups is 2. The number of ether oxygens (including phenoxy) is 1. The first-order chi connectivity index (χ1) is 13.7. The van der Waals surface area contributed by atoms with E-state index in [4.69, 9.17) is 4.74 Å². The second-order valence-corrected chi connectivity index (χ2v) is 8.29. The number of hydrogen-bond acceptors (Lipinski definition) is 5. The largest absolute Gasteiger partial charge is 0.465 e. The van der Waals surface area contributed by atoms with Gasteiger partial charge in [0.15, 0.2) is 0 Å². The van der Waals surface area contributed by atoms with E-state index in [1.54, 1.807) is 10.6 Å². The van der Waals surface area contributed by atoms with Gasteiger partial charge in [-0.2, -0.15) is 0 Å². The van der Waals surface area contributed by atoms with Crippen LogP contribution in [0.1, 0.15) is 38.3 Å². The van der Waals surface area contributed by atoms with Crippen LogP contribution in [-0.4, -0.2) is 23.6 Å². The lowest BCUT2D eigenvalue weighted by Gasteiger charge is -2.14. The summed E-state index contributed by atoms with van der Waals surface area (Å²) in [6.07, 6.45) is 0.114. The molecule has 1 amide bonds. The van der Waals surface area contributed by atoms with Crippen LogP contribution in [-0.2, 0) is 16.1 Å². The van der Waals surface area contributed by atoms with Crippen LogP contribution in [0.2, 0.25) is 0 Å². The van der Waals surface area contributed by atoms with E-state index in [9.17, 15) is 14.4 Å². The number of thiophene rings is 1. The van der Waals surface area contributed by atoms with Gasteiger partial charge in [-0.15, -0.1) is 11.3 Å². The minimum absolute atomic E-state index is 0.114. The average molecular weight is 413 g/mol. The third-order valence-corrected chi connectivity index (χ3v) is 6.25. The molecule has 0 bridgehead atoms. The molecule has 0 unspecified atom stereocenters. The third kappa shape index (κ3) is 3.96. The molecule has 0 fully saturated rings. The lowest BCUT2D eigenvalue weighted by molar-refractivity contribution is -0.116. The fourth-order valence-corrected chi connectivity index (χ4v) is 4.54. The van der Waals surface area contributed by atoms with Gasteiger partial charge in [-0.3, -0.25) is 9.59 Å². The number of aromatic nitrogens is 1. The number of benzene rings is 1. The number of esters is 1. The van der Waals surface area contributed by atoms with Gasteiger partial charge in [-0.1, -0.05) is 18.2 Å². The van der Waals surface area contributed by atoms with Crippen LogP contribution in [0.25, 0.3) is 10.9 Å². The molecule has 29 heavy (non-hydrogen) atoms. The topological polar surface area (TPSA) is 77.4 Å². The summed E-state index contributed by atoms with van der Waals surface area (Å²) in [5.41, 5.74) is 3.81. The number of carbonyl (C=O) groups excluding carboxylic acids is 2. The van der Waals surface area contributed by atoms with E-state index >= 15 is 0 Å². The van der Waals surface area contributed by atoms with Gasteiger partial charge in [0, 0.05) is 29.3 Å². The molecule has 0 radical (unpaired) electrons. The quantitative estimate of drug-likeness (QED) is 0.640. The molecule has 2 aromatic heterocycles. The van der Waals surface area contributed by atoms with Crippen LogP contribution >= 0.6 is 11.3 Å². The number of aryl methyl sites for hydroxylation is 4. The molecule has 0 aliphatic carbocycles. The number of hydrogen-bond donors (Lipinski definition) is 1. The van der Waals surface area contributed by atoms with Crippen molar-refractivity contribution in [3.63, 3.8) is 0 Å². The van der Waals surface area contributed by atoms with E-state index in [-0.39, 0.29) is 24.4 Å². The molecule has 0 saturated heterocycles. The highest BCUT2D eigenvalue weighted by molar-refractivity contribution is 7.16. The van der Waals surface area contributed by atoms with Crippen molar-refractivity contribution in [1.82, 2.24) is 4.57 Å². The molecular weight excluding hydrogens is 388 g/mol. The van der Waals surface area contributed by atoms with Gasteiger partial charge >= 0.3 is 5.97 Å². The molecule has 1 aromatic carbocycles. The molecule has 0 spiro atoms. The van der Waals surface area contributed by atoms with E-state index in [1.165, 1.54) is 18.4 Å². The van der Waals surface area contributed by atoms with E-state index in [2.05, 4.69) is 5.32 Å². The Morgan fingerprint density at radius 3 is 2.55 bits per heavy atom. The average Bonchev–Trinajstić information content (AvgIpc) is 2.94. The number of nitrogens with zero attached hydrogens (tertiary/aromatic N) is 1. The first-order valence-corrected chi connectivity index (χ1v) is 10.1. The van der Waals surface area contributed by atoms with E-state index < -0.39 is 5.97 Å². The molecule has 3 rings (SSSR count). The van der Waals surface area contributed by atoms with Crippen molar-refractivity contribution < 1.29 is 14.3 Å². The highest BCUT2D eigenvalue weighted by Gasteiger charge is 2.21. The molecule has 0 saturated carbocycles. The van der Waals surface area contributed by atoms with Crippen molar-refractivity contribution in [3.05, 3.63) is 61.8 Å². The highest BCUT2D eigenvalue weighted by atomic mass is 32.1. The van der Waals surface area contributed by atoms with Crippen LogP contribution in [0, 0.1) is 27.7 Å². The Morgan fingerprint density at radius 1 is 1.14 bits per heavy atom. The van der Waals surface area contributed by atoms with Crippen molar-refractivity contribution in [2.75, 3.05) is 12.4 Å². The van der Waals surface area contributed by atoms with Gasteiger partial charge in [0.05, 0.1) is 18.2 Å². The molecule has 152 valence electrons. The fraction of sp³-hybridized carbons (Fsp3) is 0.318. The van der Waals surface area contributed by atoms with Crippen LogP contribution in [0.4, 0.5) is 5.00 Å². The molecule has 1 N–H and O–H groups in total. The SMILES string of the molecule is COC(=O)c1c(NC(=O)CCn2c(=O)cc(C)c3cccc(C)c32)sc(C)c1C. The smallest absolute Gasteiger partial charge is 0.341 e. The number of anilines is 1. The molecule has 7 heteroatoms. The van der Waals surface area contributed by atoms with Crippen molar-refractivity contribution in [2.45, 2.75) is 40.7 Å². The summed E-state index contributed by atoms with van der Waals surface area (Å²) < 4.78 is 6.48. The molecular formula is C22H24N2O4S. The first kappa shape index (κ1) is 20.8. The molecule has 0 aliphatic heterocycles. The summed E-state index contributed by atoms with van der Waals surface area (Å²) >= 11 is 1.34. The van der Waals surface area contributed by atoms with Gasteiger partial charge in [0.2, 0.25) is 5.91 Å². The summed E-state index contributed by atoms with van der Waals surface area (Å²) in [4.78, 5) is 38.2. The lowest BCUT2D eigenvalue weighted by atomic mass is 10.1. The molecule has 6 nitrogen and oxygen atoms in total. The van der Waals surface area contributed by atoms with Crippen molar-refractivity contribution in [2.24, 2.45) is 0 Å². The summed E-state index contributed by atoms with van der Waals surface area (Å²) in [5, 5.41) is 4.30. The maximum absolute atomic E-state index is 12.6. The van der Waals surface area contributed by atoms with Crippen molar-refractivity contribution in [1.29, 1.82) is 0 Å². The van der Waals surface area contributed by atoms with Crippen LogP contribution in [0.5, 0.6) is 0 Å². The van der Waals surface area contributed by atoms with Gasteiger partial charge in [0.1, 0.15) is 5.00 Å². The maximum atomic E-state index is 12.6. The summed E-state index contributed by atoms with van der Waals surface area (Å²) in [5.74, 6) is -0.732. The minimum Gasteiger partial charge on any atom is -0.465 e. The lowest BCUT2D eigenvalue weighted by Crippen LogP contribution is -2.24. The van der Waals surface area contributed by atoms with E-state index in [1.807, 2.05) is 45.9 Å². The van der Waals surface area contributed by atoms with Crippen LogP contribution in [0.3, 0.4) is 0 Å². The predicted molar refractivity (Wildman–Crippen MR) is 116 cm³/mol. The second-order valence-electron chi connectivity index (χ2n) is 7.07. The molecule has 0 atom stereocenters. The van der Waals surface area contributed by atoms with E-state index in [0.29, 0.717) is 10.6 Å². The Morgan fingerprint density at radius 2 is 1.86 bits per heavy atom. The Hall–Kier alpha value is -2.93. The first-order valence-electron chi connectivity index (χ1n) is 9.32. The molecule has 0 aliphatic rings. The number of amides is 1. The Balaban J connectivity index is 1.86. The highest BCUT2D eigenvalue weighted by Crippen LogP contribution is 2.33. The maximum Gasteiger partial charge on any atom is 0.341 e. The van der Waals surface area contributed by atoms with Gasteiger partial charge in [-0.25, -0.2) is 4.79 Å².